The van der Waals surface area contributed by atoms with Gasteiger partial charge in [0.25, 0.3) is 0 Å². The first-order chi connectivity index (χ1) is 8.45. The number of aromatic hydroxyl groups is 1. The van der Waals surface area contributed by atoms with E-state index in [1.165, 1.54) is 16.7 Å². The number of rotatable bonds is 2. The zero-order valence-electron chi connectivity index (χ0n) is 9.81. The molecule has 1 N–H and O–H groups in total. The maximum absolute atomic E-state index is 12.1. The third-order valence-corrected chi connectivity index (χ3v) is 3.21. The lowest BCUT2D eigenvalue weighted by molar-refractivity contribution is 0.475. The zero-order valence-corrected chi connectivity index (χ0v) is 11.3. The summed E-state index contributed by atoms with van der Waals surface area (Å²) in [7, 11) is 0. The Bertz CT molecular complexity index is 661. The molecule has 7 heteroatoms. The van der Waals surface area contributed by atoms with Gasteiger partial charge in [0, 0.05) is 12.6 Å². The Morgan fingerprint density at radius 2 is 2.00 bits per heavy atom. The first-order valence-corrected chi connectivity index (χ1v) is 6.06. The Balaban J connectivity index is 2.70. The predicted molar refractivity (Wildman–Crippen MR) is 69.9 cm³/mol. The summed E-state index contributed by atoms with van der Waals surface area (Å²) in [6.07, 6.45) is 0. The van der Waals surface area contributed by atoms with E-state index < -0.39 is 0 Å². The van der Waals surface area contributed by atoms with Crippen LogP contribution in [0.1, 0.15) is 12.7 Å². The van der Waals surface area contributed by atoms with Gasteiger partial charge in [0.05, 0.1) is 15.7 Å². The summed E-state index contributed by atoms with van der Waals surface area (Å²) in [6.45, 7) is 4.09. The standard InChI is InChI=1S/C11H11Cl2N3O2/c1-3-15-6(2)14-16(11(15)18)9-5-10(17)8(13)4-7(9)12/h4-5,17H,3H2,1-2H3. The average molecular weight is 288 g/mol. The highest BCUT2D eigenvalue weighted by molar-refractivity contribution is 6.36. The van der Waals surface area contributed by atoms with Gasteiger partial charge in [-0.1, -0.05) is 23.2 Å². The van der Waals surface area contributed by atoms with Gasteiger partial charge in [0.15, 0.2) is 0 Å². The van der Waals surface area contributed by atoms with Crippen LogP contribution in [0.15, 0.2) is 16.9 Å². The second-order valence-electron chi connectivity index (χ2n) is 3.74. The van der Waals surface area contributed by atoms with E-state index in [-0.39, 0.29) is 21.5 Å². The highest BCUT2D eigenvalue weighted by atomic mass is 35.5. The van der Waals surface area contributed by atoms with Gasteiger partial charge in [-0.3, -0.25) is 4.57 Å². The minimum Gasteiger partial charge on any atom is -0.506 e. The van der Waals surface area contributed by atoms with Gasteiger partial charge in [-0.15, -0.1) is 0 Å². The molecule has 1 aromatic heterocycles. The van der Waals surface area contributed by atoms with E-state index in [9.17, 15) is 9.90 Å². The Morgan fingerprint density at radius 3 is 2.56 bits per heavy atom. The molecule has 0 aliphatic rings. The van der Waals surface area contributed by atoms with Crippen LogP contribution in [0.3, 0.4) is 0 Å². The molecule has 0 atom stereocenters. The number of aryl methyl sites for hydroxylation is 1. The van der Waals surface area contributed by atoms with Crippen molar-refractivity contribution in [1.29, 1.82) is 0 Å². The number of phenols is 1. The summed E-state index contributed by atoms with van der Waals surface area (Å²) in [6, 6.07) is 2.69. The van der Waals surface area contributed by atoms with Crippen molar-refractivity contribution in [3.05, 3.63) is 38.5 Å². The van der Waals surface area contributed by atoms with Crippen molar-refractivity contribution in [3.8, 4) is 11.4 Å². The summed E-state index contributed by atoms with van der Waals surface area (Å²) in [5.41, 5.74) is -0.00232. The predicted octanol–water partition coefficient (Wildman–Crippen LogP) is 2.37. The van der Waals surface area contributed by atoms with Crippen LogP contribution in [0.4, 0.5) is 0 Å². The van der Waals surface area contributed by atoms with E-state index in [1.54, 1.807) is 6.92 Å². The van der Waals surface area contributed by atoms with E-state index >= 15 is 0 Å². The molecule has 18 heavy (non-hydrogen) atoms. The van der Waals surface area contributed by atoms with Crippen molar-refractivity contribution in [2.45, 2.75) is 20.4 Å². The fourth-order valence-electron chi connectivity index (χ4n) is 1.70. The monoisotopic (exact) mass is 287 g/mol. The van der Waals surface area contributed by atoms with Gasteiger partial charge in [0.1, 0.15) is 11.6 Å². The molecule has 0 aliphatic heterocycles. The quantitative estimate of drug-likeness (QED) is 0.923. The molecule has 0 aliphatic carbocycles. The van der Waals surface area contributed by atoms with Crippen LogP contribution in [0, 0.1) is 6.92 Å². The third kappa shape index (κ3) is 2.00. The molecule has 2 rings (SSSR count). The lowest BCUT2D eigenvalue weighted by atomic mass is 10.3. The number of nitrogens with zero attached hydrogens (tertiary/aromatic N) is 3. The van der Waals surface area contributed by atoms with Crippen molar-refractivity contribution >= 4 is 23.2 Å². The first-order valence-electron chi connectivity index (χ1n) is 5.30. The van der Waals surface area contributed by atoms with E-state index in [0.717, 1.165) is 4.68 Å². The first kappa shape index (κ1) is 13.0. The fourth-order valence-corrected chi connectivity index (χ4v) is 2.17. The minimum absolute atomic E-state index is 0.128. The second-order valence-corrected chi connectivity index (χ2v) is 4.56. The minimum atomic E-state index is -0.307. The molecular weight excluding hydrogens is 277 g/mol. The van der Waals surface area contributed by atoms with Gasteiger partial charge in [-0.2, -0.15) is 9.78 Å². The average Bonchev–Trinajstić information content (AvgIpc) is 2.59. The maximum atomic E-state index is 12.1. The molecule has 0 radical (unpaired) electrons. The van der Waals surface area contributed by atoms with Gasteiger partial charge in [0.2, 0.25) is 0 Å². The van der Waals surface area contributed by atoms with E-state index in [4.69, 9.17) is 23.2 Å². The van der Waals surface area contributed by atoms with Crippen LogP contribution >= 0.6 is 23.2 Å². The smallest absolute Gasteiger partial charge is 0.350 e. The molecule has 0 spiro atoms. The largest absolute Gasteiger partial charge is 0.506 e. The summed E-state index contributed by atoms with van der Waals surface area (Å²) < 4.78 is 2.65. The van der Waals surface area contributed by atoms with Crippen molar-refractivity contribution in [2.24, 2.45) is 0 Å². The topological polar surface area (TPSA) is 60.1 Å². The number of hydrogen-bond donors (Lipinski definition) is 1. The van der Waals surface area contributed by atoms with Crippen LogP contribution in [-0.2, 0) is 6.54 Å². The summed E-state index contributed by atoms with van der Waals surface area (Å²) >= 11 is 11.7. The van der Waals surface area contributed by atoms with E-state index in [0.29, 0.717) is 18.1 Å². The number of halogens is 2. The normalized spacial score (nSPS) is 10.9. The van der Waals surface area contributed by atoms with Crippen LogP contribution in [0.5, 0.6) is 5.75 Å². The van der Waals surface area contributed by atoms with Crippen LogP contribution < -0.4 is 5.69 Å². The third-order valence-electron chi connectivity index (χ3n) is 2.61. The van der Waals surface area contributed by atoms with Crippen molar-refractivity contribution in [3.63, 3.8) is 0 Å². The number of phenolic OH excluding ortho intramolecular Hbond substituents is 1. The highest BCUT2D eigenvalue weighted by Gasteiger charge is 2.15. The highest BCUT2D eigenvalue weighted by Crippen LogP contribution is 2.31. The molecule has 0 amide bonds. The number of aromatic nitrogens is 3. The lowest BCUT2D eigenvalue weighted by Crippen LogP contribution is -2.23. The molecule has 0 fully saturated rings. The molecule has 0 saturated carbocycles. The molecule has 0 saturated heterocycles. The lowest BCUT2D eigenvalue weighted by Gasteiger charge is -2.05. The van der Waals surface area contributed by atoms with Crippen molar-refractivity contribution < 1.29 is 5.11 Å². The zero-order chi connectivity index (χ0) is 13.4. The Hall–Kier alpha value is -1.46. The Morgan fingerprint density at radius 1 is 1.33 bits per heavy atom. The summed E-state index contributed by atoms with van der Waals surface area (Å²) in [4.78, 5) is 12.1. The Kier molecular flexibility index (Phi) is 3.36. The van der Waals surface area contributed by atoms with Crippen LogP contribution in [0.25, 0.3) is 5.69 Å². The molecule has 1 aromatic carbocycles. The summed E-state index contributed by atoms with van der Waals surface area (Å²) in [5.74, 6) is 0.430. The molecule has 0 unspecified atom stereocenters. The number of hydrogen-bond acceptors (Lipinski definition) is 3. The SMILES string of the molecule is CCn1c(C)nn(-c2cc(O)c(Cl)cc2Cl)c1=O. The molecule has 0 bridgehead atoms. The number of benzene rings is 1. The van der Waals surface area contributed by atoms with E-state index in [2.05, 4.69) is 5.10 Å². The molecule has 2 aromatic rings. The summed E-state index contributed by atoms with van der Waals surface area (Å²) in [5, 5.41) is 14.1. The van der Waals surface area contributed by atoms with Gasteiger partial charge < -0.3 is 5.11 Å². The fraction of sp³-hybridized carbons (Fsp3) is 0.273. The second kappa shape index (κ2) is 4.66. The molecular formula is C11H11Cl2N3O2. The van der Waals surface area contributed by atoms with Crippen LogP contribution in [0.2, 0.25) is 10.0 Å². The molecule has 96 valence electrons. The van der Waals surface area contributed by atoms with E-state index in [1.807, 2.05) is 6.92 Å². The maximum Gasteiger partial charge on any atom is 0.350 e. The molecule has 1 heterocycles. The molecule has 5 nitrogen and oxygen atoms in total. The Labute approximate surface area is 113 Å². The van der Waals surface area contributed by atoms with Gasteiger partial charge in [-0.25, -0.2) is 4.79 Å². The van der Waals surface area contributed by atoms with Crippen molar-refractivity contribution in [2.75, 3.05) is 0 Å². The van der Waals surface area contributed by atoms with Gasteiger partial charge in [-0.05, 0) is 19.9 Å². The van der Waals surface area contributed by atoms with Gasteiger partial charge >= 0.3 is 5.69 Å². The van der Waals surface area contributed by atoms with Crippen molar-refractivity contribution in [1.82, 2.24) is 14.3 Å². The van der Waals surface area contributed by atoms with Crippen LogP contribution in [-0.4, -0.2) is 19.5 Å².